The third-order valence-corrected chi connectivity index (χ3v) is 5.35. The first-order valence-electron chi connectivity index (χ1n) is 7.37. The largest absolute Gasteiger partial charge is 0.573 e. The Morgan fingerprint density at radius 2 is 1.93 bits per heavy atom. The molecule has 1 aliphatic heterocycles. The minimum atomic E-state index is -4.82. The summed E-state index contributed by atoms with van der Waals surface area (Å²) in [5.41, 5.74) is 2.79. The lowest BCUT2D eigenvalue weighted by atomic mass is 10.2. The number of hydrogen-bond donors (Lipinski definition) is 3. The van der Waals surface area contributed by atoms with E-state index in [1.165, 1.54) is 16.1 Å². The normalized spacial score (nSPS) is 14.5. The third-order valence-electron chi connectivity index (χ3n) is 3.49. The van der Waals surface area contributed by atoms with Crippen molar-refractivity contribution < 1.29 is 36.3 Å². The number of hydrogen-bond acceptors (Lipinski definition) is 6. The molecule has 148 valence electrons. The van der Waals surface area contributed by atoms with Gasteiger partial charge in [-0.2, -0.15) is 4.31 Å². The number of aromatic amines is 1. The number of alkyl halides is 3. The van der Waals surface area contributed by atoms with Gasteiger partial charge in [0.15, 0.2) is 0 Å². The van der Waals surface area contributed by atoms with Crippen molar-refractivity contribution in [3.63, 3.8) is 0 Å². The van der Waals surface area contributed by atoms with Gasteiger partial charge in [0.25, 0.3) is 0 Å². The van der Waals surface area contributed by atoms with E-state index in [2.05, 4.69) is 14.7 Å². The molecular formula is C14H15F3N4O5S. The summed E-state index contributed by atoms with van der Waals surface area (Å²) in [7, 11) is -3.80. The first-order chi connectivity index (χ1) is 12.7. The molecule has 0 spiro atoms. The van der Waals surface area contributed by atoms with Gasteiger partial charge in [0.1, 0.15) is 5.75 Å². The summed E-state index contributed by atoms with van der Waals surface area (Å²) in [6, 6.07) is 4.14. The van der Waals surface area contributed by atoms with Crippen molar-refractivity contribution in [3.05, 3.63) is 42.0 Å². The molecule has 0 fully saturated rings. The second-order valence-electron chi connectivity index (χ2n) is 5.18. The highest BCUT2D eigenvalue weighted by Crippen LogP contribution is 2.27. The molecule has 1 amide bonds. The summed E-state index contributed by atoms with van der Waals surface area (Å²) >= 11 is 0. The molecule has 3 rings (SSSR count). The lowest BCUT2D eigenvalue weighted by Crippen LogP contribution is -2.36. The van der Waals surface area contributed by atoms with Gasteiger partial charge in [-0.3, -0.25) is 10.0 Å². The van der Waals surface area contributed by atoms with Crippen molar-refractivity contribution in [1.82, 2.24) is 19.8 Å². The zero-order valence-corrected chi connectivity index (χ0v) is 14.4. The summed E-state index contributed by atoms with van der Waals surface area (Å²) in [5, 5.41) is 7.26. The van der Waals surface area contributed by atoms with Crippen molar-refractivity contribution in [1.29, 1.82) is 0 Å². The average molecular weight is 408 g/mol. The standard InChI is InChI=1S/C13H12F3N3O3S.CH3NO2/c14-13(15,16)22-9-1-3-10(4-2-9)23(20,21)19-6-5-11-12(7-19)18-8-17-11;3-1-2-4/h1-4,8H,5-7H2,(H,17,18);1,4H,(H,2,3). The van der Waals surface area contributed by atoms with Gasteiger partial charge in [0.2, 0.25) is 16.4 Å². The number of carbonyl (C=O) groups excluding carboxylic acids is 1. The van der Waals surface area contributed by atoms with Crippen molar-refractivity contribution in [2.75, 3.05) is 6.54 Å². The van der Waals surface area contributed by atoms with Crippen LogP contribution in [0.1, 0.15) is 11.4 Å². The molecule has 0 radical (unpaired) electrons. The van der Waals surface area contributed by atoms with E-state index in [0.29, 0.717) is 12.1 Å². The minimum absolute atomic E-state index is 0.0917. The van der Waals surface area contributed by atoms with E-state index < -0.39 is 22.1 Å². The number of carbonyl (C=O) groups is 1. The number of rotatable bonds is 4. The van der Waals surface area contributed by atoms with Crippen LogP contribution in [-0.4, -0.2) is 47.2 Å². The first-order valence-corrected chi connectivity index (χ1v) is 8.81. The van der Waals surface area contributed by atoms with Gasteiger partial charge in [-0.1, -0.05) is 0 Å². The van der Waals surface area contributed by atoms with E-state index >= 15 is 0 Å². The SMILES string of the molecule is O=CNO.O=S(=O)(c1ccc(OC(F)(F)F)cc1)N1CCc2[nH]cnc2C1. The molecule has 0 bridgehead atoms. The number of H-pyrrole nitrogens is 1. The summed E-state index contributed by atoms with van der Waals surface area (Å²) in [4.78, 5) is 15.7. The molecule has 2 aromatic rings. The maximum absolute atomic E-state index is 12.5. The number of amides is 1. The van der Waals surface area contributed by atoms with E-state index in [1.807, 2.05) is 0 Å². The molecule has 0 aliphatic carbocycles. The summed E-state index contributed by atoms with van der Waals surface area (Å²) < 4.78 is 66.4. The number of hydroxylamine groups is 1. The number of nitrogens with one attached hydrogen (secondary N) is 2. The molecular weight excluding hydrogens is 393 g/mol. The topological polar surface area (TPSA) is 125 Å². The zero-order chi connectivity index (χ0) is 20.1. The van der Waals surface area contributed by atoms with Crippen LogP contribution in [0.5, 0.6) is 5.75 Å². The second-order valence-corrected chi connectivity index (χ2v) is 7.12. The Balaban J connectivity index is 0.000000596. The number of aromatic nitrogens is 2. The molecule has 3 N–H and O–H groups in total. The van der Waals surface area contributed by atoms with Gasteiger partial charge in [0, 0.05) is 18.7 Å². The van der Waals surface area contributed by atoms with Gasteiger partial charge in [-0.15, -0.1) is 13.2 Å². The van der Waals surface area contributed by atoms with Crippen molar-refractivity contribution in [2.24, 2.45) is 0 Å². The van der Waals surface area contributed by atoms with Gasteiger partial charge in [-0.25, -0.2) is 18.9 Å². The minimum Gasteiger partial charge on any atom is -0.406 e. The highest BCUT2D eigenvalue weighted by Gasteiger charge is 2.32. The highest BCUT2D eigenvalue weighted by atomic mass is 32.2. The summed E-state index contributed by atoms with van der Waals surface area (Å²) in [6.45, 7) is 0.403. The van der Waals surface area contributed by atoms with Gasteiger partial charge in [-0.05, 0) is 24.3 Å². The predicted molar refractivity (Wildman–Crippen MR) is 84.0 cm³/mol. The number of imidazole rings is 1. The van der Waals surface area contributed by atoms with Gasteiger partial charge < -0.3 is 9.72 Å². The first kappa shape index (κ1) is 20.7. The quantitative estimate of drug-likeness (QED) is 0.396. The van der Waals surface area contributed by atoms with Crippen LogP contribution in [0.25, 0.3) is 0 Å². The molecule has 2 heterocycles. The fourth-order valence-corrected chi connectivity index (χ4v) is 3.75. The number of nitrogens with zero attached hydrogens (tertiary/aromatic N) is 2. The van der Waals surface area contributed by atoms with Crippen LogP contribution >= 0.6 is 0 Å². The zero-order valence-electron chi connectivity index (χ0n) is 13.6. The summed E-state index contributed by atoms with van der Waals surface area (Å²) in [5.74, 6) is -0.468. The van der Waals surface area contributed by atoms with Crippen molar-refractivity contribution >= 4 is 16.4 Å². The molecule has 1 aromatic carbocycles. The van der Waals surface area contributed by atoms with Crippen LogP contribution in [0, 0.1) is 0 Å². The molecule has 1 aromatic heterocycles. The molecule has 1 aliphatic rings. The van der Waals surface area contributed by atoms with E-state index in [-0.39, 0.29) is 24.4 Å². The van der Waals surface area contributed by atoms with E-state index in [1.54, 1.807) is 0 Å². The molecule has 27 heavy (non-hydrogen) atoms. The van der Waals surface area contributed by atoms with Crippen molar-refractivity contribution in [2.45, 2.75) is 24.2 Å². The lowest BCUT2D eigenvalue weighted by Gasteiger charge is -2.25. The maximum atomic E-state index is 12.5. The number of sulfonamides is 1. The number of fused-ring (bicyclic) bond motifs is 1. The molecule has 0 saturated heterocycles. The Morgan fingerprint density at radius 3 is 2.48 bits per heavy atom. The van der Waals surface area contributed by atoms with Crippen LogP contribution in [0.2, 0.25) is 0 Å². The fourth-order valence-electron chi connectivity index (χ4n) is 2.35. The Morgan fingerprint density at radius 1 is 1.30 bits per heavy atom. The Kier molecular flexibility index (Phi) is 6.41. The molecule has 0 atom stereocenters. The third kappa shape index (κ3) is 5.42. The van der Waals surface area contributed by atoms with E-state index in [9.17, 15) is 21.6 Å². The Hall–Kier alpha value is -2.64. The van der Waals surface area contributed by atoms with E-state index in [4.69, 9.17) is 10.0 Å². The number of halogens is 3. The second kappa shape index (κ2) is 8.37. The van der Waals surface area contributed by atoms with E-state index in [0.717, 1.165) is 30.0 Å². The number of ether oxygens (including phenoxy) is 1. The molecule has 0 unspecified atom stereocenters. The monoisotopic (exact) mass is 408 g/mol. The van der Waals surface area contributed by atoms with Crippen molar-refractivity contribution in [3.8, 4) is 5.75 Å². The number of benzene rings is 1. The highest BCUT2D eigenvalue weighted by molar-refractivity contribution is 7.89. The Bertz CT molecular complexity index is 868. The summed E-state index contributed by atoms with van der Waals surface area (Å²) in [6.07, 6.45) is -2.63. The molecule has 0 saturated carbocycles. The van der Waals surface area contributed by atoms with Crippen LogP contribution in [0.3, 0.4) is 0 Å². The van der Waals surface area contributed by atoms with Crippen LogP contribution < -0.4 is 10.2 Å². The Labute approximate surface area is 151 Å². The average Bonchev–Trinajstić information content (AvgIpc) is 3.09. The lowest BCUT2D eigenvalue weighted by molar-refractivity contribution is -0.274. The van der Waals surface area contributed by atoms with Crippen LogP contribution in [0.4, 0.5) is 13.2 Å². The maximum Gasteiger partial charge on any atom is 0.573 e. The van der Waals surface area contributed by atoms with Gasteiger partial charge in [0.05, 0.1) is 23.5 Å². The molecule has 9 nitrogen and oxygen atoms in total. The molecule has 13 heteroatoms. The predicted octanol–water partition coefficient (Wildman–Crippen LogP) is 1.18. The van der Waals surface area contributed by atoms with Crippen LogP contribution in [0.15, 0.2) is 35.5 Å². The smallest absolute Gasteiger partial charge is 0.406 e. The van der Waals surface area contributed by atoms with Gasteiger partial charge >= 0.3 is 6.36 Å². The van der Waals surface area contributed by atoms with Crippen LogP contribution in [-0.2, 0) is 27.8 Å². The fraction of sp³-hybridized carbons (Fsp3) is 0.286.